The van der Waals surface area contributed by atoms with Gasteiger partial charge in [0.2, 0.25) is 11.8 Å². The highest BCUT2D eigenvalue weighted by Gasteiger charge is 2.47. The first-order valence-electron chi connectivity index (χ1n) is 22.9. The summed E-state index contributed by atoms with van der Waals surface area (Å²) < 4.78 is 72.2. The lowest BCUT2D eigenvalue weighted by atomic mass is 9.87. The summed E-state index contributed by atoms with van der Waals surface area (Å²) in [5.74, 6) is -1.43. The van der Waals surface area contributed by atoms with Gasteiger partial charge in [-0.2, -0.15) is 0 Å². The monoisotopic (exact) mass is 1110 g/mol. The average Bonchev–Trinajstić information content (AvgIpc) is 3.84. The van der Waals surface area contributed by atoms with E-state index >= 15 is 0 Å². The van der Waals surface area contributed by atoms with Gasteiger partial charge in [-0.25, -0.2) is 19.3 Å². The van der Waals surface area contributed by atoms with E-state index in [1.54, 1.807) is 6.92 Å². The van der Waals surface area contributed by atoms with Crippen molar-refractivity contribution in [3.8, 4) is 0 Å². The van der Waals surface area contributed by atoms with Gasteiger partial charge in [-0.1, -0.05) is 57.7 Å². The second kappa shape index (κ2) is 27.9. The lowest BCUT2D eigenvalue weighted by molar-refractivity contribution is -0.347. The third-order valence-electron chi connectivity index (χ3n) is 11.3. The molecule has 2 aliphatic rings. The molecule has 2 aromatic heterocycles. The third-order valence-corrected chi connectivity index (χ3v) is 15.3. The number of phosphoric ester groups is 3. The van der Waals surface area contributed by atoms with Gasteiger partial charge < -0.3 is 93.8 Å². The van der Waals surface area contributed by atoms with Crippen LogP contribution in [0.4, 0.5) is 5.82 Å². The van der Waals surface area contributed by atoms with E-state index in [1.165, 1.54) is 13.8 Å². The molecule has 4 rings (SSSR count). The number of ether oxygens (including phenoxy) is 3. The summed E-state index contributed by atoms with van der Waals surface area (Å²) in [4.78, 5) is 97.0. The number of nitrogens with zero attached hydrogens (tertiary/aromatic N) is 4. The Morgan fingerprint density at radius 3 is 2.31 bits per heavy atom. The summed E-state index contributed by atoms with van der Waals surface area (Å²) in [6.07, 6.45) is -5.70. The molecule has 4 heterocycles. The number of unbranched alkanes of at least 4 members (excludes halogenated alkanes) is 4. The van der Waals surface area contributed by atoms with Crippen molar-refractivity contribution in [2.24, 2.45) is 5.41 Å². The lowest BCUT2D eigenvalue weighted by Gasteiger charge is -2.36. The number of thioether (sulfide) groups is 1. The molecular formula is C39H64N7O22P3S-4. The zero-order valence-electron chi connectivity index (χ0n) is 39.9. The molecule has 412 valence electrons. The molecule has 13 atom stereocenters. The van der Waals surface area contributed by atoms with Gasteiger partial charge in [0.25, 0.3) is 15.6 Å². The van der Waals surface area contributed by atoms with Gasteiger partial charge in [0.05, 0.1) is 51.8 Å². The summed E-state index contributed by atoms with van der Waals surface area (Å²) in [6, 6.07) is 0. The number of aliphatic hydroxyl groups excluding tert-OH is 5. The molecule has 2 fully saturated rings. The lowest BCUT2D eigenvalue weighted by Crippen LogP contribution is -2.48. The Balaban J connectivity index is 1.07. The number of rotatable bonds is 31. The van der Waals surface area contributed by atoms with E-state index in [9.17, 15) is 73.2 Å². The number of fused-ring (bicyclic) bond motifs is 1. The minimum Gasteiger partial charge on any atom is -0.790 e. The highest BCUT2D eigenvalue weighted by atomic mass is 32.2. The van der Waals surface area contributed by atoms with Crippen LogP contribution in [0.5, 0.6) is 0 Å². The van der Waals surface area contributed by atoms with Crippen molar-refractivity contribution in [1.29, 1.82) is 0 Å². The number of anilines is 1. The van der Waals surface area contributed by atoms with E-state index in [0.29, 0.717) is 6.42 Å². The Morgan fingerprint density at radius 1 is 0.944 bits per heavy atom. The summed E-state index contributed by atoms with van der Waals surface area (Å²) in [7, 11) is -17.7. The van der Waals surface area contributed by atoms with Crippen LogP contribution in [0.3, 0.4) is 0 Å². The standard InChI is InChI=1S/C39H68N7O22P3S/c1-22(64-38-26(49)17-25(48)23(2)65-38)10-8-6-5-7-9-11-24(47)16-29(51)72-15-14-41-28(50)12-13-42-36(54)33(53)39(3,4)19-63-71(60,61)68-70(58,59)62-18-27-32(67-69(55,56)57)31(52)37(66-27)46-21-45-30-34(40)43-20-44-35(30)46/h20-27,31-33,37-38,47-49,52-53H,5-19H2,1-4H3,(H,41,50)(H,42,54)(H,58,59)(H,60,61)(H2,40,43,44)(H2,55,56,57)/p-4/t22-,23+,24-,25-,26-,27-,31-,32-,33+,37-,38-/m1/s1. The predicted octanol–water partition coefficient (Wildman–Crippen LogP) is -2.12. The molecule has 9 N–H and O–H groups in total. The summed E-state index contributed by atoms with van der Waals surface area (Å²) in [6.45, 7) is 3.52. The highest BCUT2D eigenvalue weighted by Crippen LogP contribution is 2.56. The number of nitrogens with one attached hydrogen (secondary N) is 2. The van der Waals surface area contributed by atoms with E-state index in [4.69, 9.17) is 19.9 Å². The maximum Gasteiger partial charge on any atom is 0.274 e. The van der Waals surface area contributed by atoms with Crippen molar-refractivity contribution in [2.75, 3.05) is 37.8 Å². The SMILES string of the molecule is C[C@H](CCCCCCC[C@@H](O)CC(=O)SCCNC(=O)CCNC(=O)[C@H](O)C(C)(C)COP(=O)([O-])OP(=O)([O-])OC[C@H]1O[C@@H](n2cnc3c(N)ncnc32)[C@H](O)[C@@H]1OP(=O)([O-])[O-])O[C@@H]1O[C@@H](C)[C@H](O)C[C@H]1O. The fourth-order valence-electron chi connectivity index (χ4n) is 7.33. The first kappa shape index (κ1) is 61.9. The fraction of sp³-hybridized carbons (Fsp3) is 0.795. The van der Waals surface area contributed by atoms with E-state index in [1.807, 2.05) is 6.92 Å². The number of nitrogen functional groups attached to an aromatic ring is 1. The maximum absolute atomic E-state index is 12.7. The zero-order chi connectivity index (χ0) is 53.6. The normalized spacial score (nSPS) is 25.8. The number of nitrogens with two attached hydrogens (primary N) is 1. The van der Waals surface area contributed by atoms with Crippen LogP contribution >= 0.6 is 35.2 Å². The Morgan fingerprint density at radius 2 is 1.61 bits per heavy atom. The summed E-state index contributed by atoms with van der Waals surface area (Å²) in [5, 5.41) is 56.3. The van der Waals surface area contributed by atoms with Crippen LogP contribution in [0.1, 0.15) is 98.1 Å². The fourth-order valence-corrected chi connectivity index (χ4v) is 10.8. The number of carbonyl (C=O) groups is 3. The highest BCUT2D eigenvalue weighted by molar-refractivity contribution is 8.13. The van der Waals surface area contributed by atoms with Gasteiger partial charge in [-0.05, 0) is 26.7 Å². The van der Waals surface area contributed by atoms with Crippen LogP contribution in [-0.4, -0.2) is 155 Å². The zero-order valence-corrected chi connectivity index (χ0v) is 43.4. The molecule has 0 bridgehead atoms. The van der Waals surface area contributed by atoms with Crippen molar-refractivity contribution in [3.05, 3.63) is 12.7 Å². The first-order valence-corrected chi connectivity index (χ1v) is 28.3. The number of amides is 2. The molecule has 2 aromatic rings. The van der Waals surface area contributed by atoms with E-state index < -0.39 is 115 Å². The largest absolute Gasteiger partial charge is 0.790 e. The van der Waals surface area contributed by atoms with Crippen LogP contribution < -0.4 is 35.9 Å². The van der Waals surface area contributed by atoms with Crippen LogP contribution in [0.2, 0.25) is 0 Å². The van der Waals surface area contributed by atoms with Gasteiger partial charge in [-0.15, -0.1) is 0 Å². The molecule has 2 unspecified atom stereocenters. The minimum absolute atomic E-state index is 0.0319. The Kier molecular flexibility index (Phi) is 24.0. The van der Waals surface area contributed by atoms with Crippen molar-refractivity contribution in [1.82, 2.24) is 30.2 Å². The van der Waals surface area contributed by atoms with Crippen molar-refractivity contribution < 1.29 is 105 Å². The number of carbonyl (C=O) groups excluding carboxylic acids is 3. The summed E-state index contributed by atoms with van der Waals surface area (Å²) >= 11 is 0.944. The molecule has 0 radical (unpaired) electrons. The van der Waals surface area contributed by atoms with Crippen molar-refractivity contribution in [2.45, 2.75) is 159 Å². The molecule has 0 saturated carbocycles. The average molecular weight is 1110 g/mol. The van der Waals surface area contributed by atoms with Gasteiger partial charge >= 0.3 is 0 Å². The number of hydrogen-bond acceptors (Lipinski definition) is 27. The Hall–Kier alpha value is -2.64. The number of aliphatic hydroxyl groups is 5. The van der Waals surface area contributed by atoms with Crippen molar-refractivity contribution >= 4 is 69.1 Å². The van der Waals surface area contributed by atoms with Crippen LogP contribution in [0, 0.1) is 5.41 Å². The number of aromatic nitrogens is 4. The van der Waals surface area contributed by atoms with Crippen LogP contribution in [0.25, 0.3) is 11.2 Å². The second-order valence-electron chi connectivity index (χ2n) is 17.9. The molecule has 33 heteroatoms. The molecular weight excluding hydrogens is 1040 g/mol. The molecule has 0 aliphatic carbocycles. The number of hydrogen-bond donors (Lipinski definition) is 8. The van der Waals surface area contributed by atoms with E-state index in [0.717, 1.165) is 67.5 Å². The Bertz CT molecular complexity index is 2230. The first-order chi connectivity index (χ1) is 33.6. The van der Waals surface area contributed by atoms with Gasteiger partial charge in [0.1, 0.15) is 42.4 Å². The predicted molar refractivity (Wildman–Crippen MR) is 243 cm³/mol. The molecule has 72 heavy (non-hydrogen) atoms. The molecule has 2 aliphatic heterocycles. The van der Waals surface area contributed by atoms with E-state index in [2.05, 4.69) is 43.5 Å². The smallest absolute Gasteiger partial charge is 0.274 e. The van der Waals surface area contributed by atoms with Crippen molar-refractivity contribution in [3.63, 3.8) is 0 Å². The van der Waals surface area contributed by atoms with Gasteiger partial charge in [-0.3, -0.25) is 28.1 Å². The molecule has 2 amide bonds. The van der Waals surface area contributed by atoms with E-state index in [-0.39, 0.29) is 66.3 Å². The molecule has 0 spiro atoms. The molecule has 29 nitrogen and oxygen atoms in total. The number of phosphoric acid groups is 3. The quantitative estimate of drug-likeness (QED) is 0.0296. The van der Waals surface area contributed by atoms with Crippen LogP contribution in [-0.2, 0) is 60.2 Å². The molecule has 0 aromatic carbocycles. The van der Waals surface area contributed by atoms with Gasteiger partial charge in [0.15, 0.2) is 29.1 Å². The topological polar surface area (TPSA) is 454 Å². The van der Waals surface area contributed by atoms with Crippen LogP contribution in [0.15, 0.2) is 12.7 Å². The third kappa shape index (κ3) is 20.1. The minimum atomic E-state index is -5.95. The van der Waals surface area contributed by atoms with Gasteiger partial charge in [0, 0.05) is 43.5 Å². The second-order valence-corrected chi connectivity index (χ2v) is 23.1. The summed E-state index contributed by atoms with van der Waals surface area (Å²) in [5.41, 5.74) is 4.02. The Labute approximate surface area is 418 Å². The maximum atomic E-state index is 12.7. The molecule has 2 saturated heterocycles. The number of imidazole rings is 1.